The topological polar surface area (TPSA) is 144 Å². The first kappa shape index (κ1) is 31.8. The molecule has 2 aliphatic rings. The second-order valence-corrected chi connectivity index (χ2v) is 12.7. The van der Waals surface area contributed by atoms with Gasteiger partial charge in [-0.15, -0.1) is 10.2 Å². The molecule has 0 unspecified atom stereocenters. The summed E-state index contributed by atoms with van der Waals surface area (Å²) in [5, 5.41) is 22.4. The van der Waals surface area contributed by atoms with E-state index >= 15 is 0 Å². The van der Waals surface area contributed by atoms with Crippen LogP contribution in [0.1, 0.15) is 53.7 Å². The SMILES string of the molecule is N#Cc1ccc(COc2cccc(C3CCN(Cc4nc5cc(-c6n[nH]c(C(F)(F)F)n6)nnc5n4C[C@]4([Si])CCO4)CC3)n2)c(F)c1. The molecule has 1 aromatic carbocycles. The van der Waals surface area contributed by atoms with Gasteiger partial charge in [0, 0.05) is 29.8 Å². The number of alkyl halides is 3. The first-order valence-electron chi connectivity index (χ1n) is 15.2. The molecule has 1 atom stereocenters. The highest BCUT2D eigenvalue weighted by Gasteiger charge is 2.37. The van der Waals surface area contributed by atoms with Crippen LogP contribution in [0, 0.1) is 17.1 Å². The molecule has 0 bridgehead atoms. The van der Waals surface area contributed by atoms with Gasteiger partial charge in [-0.2, -0.15) is 23.5 Å². The van der Waals surface area contributed by atoms with Crippen LogP contribution in [0.25, 0.3) is 22.7 Å². The van der Waals surface area contributed by atoms with Crippen LogP contribution in [0.2, 0.25) is 0 Å². The second kappa shape index (κ2) is 12.7. The van der Waals surface area contributed by atoms with Crippen molar-refractivity contribution in [2.45, 2.75) is 56.3 Å². The molecule has 4 aromatic heterocycles. The minimum absolute atomic E-state index is 0.00722. The van der Waals surface area contributed by atoms with E-state index in [-0.39, 0.29) is 29.6 Å². The van der Waals surface area contributed by atoms with Crippen molar-refractivity contribution in [2.24, 2.45) is 0 Å². The zero-order valence-corrected chi connectivity index (χ0v) is 26.3. The minimum atomic E-state index is -4.67. The number of likely N-dealkylation sites (tertiary alicyclic amines) is 1. The van der Waals surface area contributed by atoms with Crippen LogP contribution in [0.3, 0.4) is 0 Å². The minimum Gasteiger partial charge on any atom is -0.473 e. The highest BCUT2D eigenvalue weighted by atomic mass is 28.1. The Kier molecular flexibility index (Phi) is 8.39. The first-order chi connectivity index (χ1) is 23.1. The van der Waals surface area contributed by atoms with Crippen molar-refractivity contribution in [1.82, 2.24) is 44.8 Å². The molecule has 0 aliphatic carbocycles. The molecule has 5 aromatic rings. The summed E-state index contributed by atoms with van der Waals surface area (Å²) in [6, 6.07) is 13.3. The smallest absolute Gasteiger partial charge is 0.451 e. The molecule has 0 saturated carbocycles. The van der Waals surface area contributed by atoms with Gasteiger partial charge in [0.2, 0.25) is 17.5 Å². The summed E-state index contributed by atoms with van der Waals surface area (Å²) >= 11 is 0. The number of pyridine rings is 1. The van der Waals surface area contributed by atoms with Crippen LogP contribution in [0.15, 0.2) is 42.5 Å². The summed E-state index contributed by atoms with van der Waals surface area (Å²) in [5.41, 5.74) is 2.48. The van der Waals surface area contributed by atoms with E-state index in [0.29, 0.717) is 42.3 Å². The van der Waals surface area contributed by atoms with E-state index in [2.05, 4.69) is 40.4 Å². The maximum Gasteiger partial charge on any atom is 0.451 e. The number of nitriles is 1. The molecular formula is C31H27F4N10O2Si. The van der Waals surface area contributed by atoms with Gasteiger partial charge in [-0.05, 0) is 56.6 Å². The molecule has 6 heterocycles. The van der Waals surface area contributed by atoms with E-state index in [1.54, 1.807) is 12.1 Å². The zero-order chi connectivity index (χ0) is 33.5. The van der Waals surface area contributed by atoms with Crippen LogP contribution in [-0.2, 0) is 30.6 Å². The Morgan fingerprint density at radius 3 is 2.60 bits per heavy atom. The van der Waals surface area contributed by atoms with Gasteiger partial charge >= 0.3 is 6.18 Å². The standard InChI is InChI=1S/C31H27F4N10O2Si/c32-21-12-18(14-36)4-5-20(21)16-46-26-3-1-2-22(38-26)19-6-9-44(10-7-19)15-25-37-24-13-23(27-39-29(43-41-27)31(33,34)35)40-42-28(24)45(25)17-30(48)8-11-47-30/h1-5,12-13,19H,6-11,15-17H2,(H,39,41,43)/t30-/m1/s1. The normalized spacial score (nSPS) is 18.9. The van der Waals surface area contributed by atoms with E-state index in [0.717, 1.165) is 43.9 Å². The molecule has 48 heavy (non-hydrogen) atoms. The number of aromatic nitrogens is 8. The van der Waals surface area contributed by atoms with Crippen LogP contribution >= 0.6 is 0 Å². The number of nitrogens with zero attached hydrogens (tertiary/aromatic N) is 9. The number of hydrogen-bond donors (Lipinski definition) is 1. The number of hydrogen-bond acceptors (Lipinski definition) is 10. The molecule has 245 valence electrons. The molecule has 3 radical (unpaired) electrons. The Balaban J connectivity index is 1.04. The number of benzene rings is 1. The number of imidazole rings is 1. The summed E-state index contributed by atoms with van der Waals surface area (Å²) in [6.45, 7) is 3.07. The average molecular weight is 676 g/mol. The predicted octanol–water partition coefficient (Wildman–Crippen LogP) is 4.28. The fourth-order valence-electron chi connectivity index (χ4n) is 5.81. The molecular weight excluding hydrogens is 648 g/mol. The lowest BCUT2D eigenvalue weighted by atomic mass is 9.93. The molecule has 12 nitrogen and oxygen atoms in total. The third-order valence-corrected chi connectivity index (χ3v) is 9.08. The average Bonchev–Trinajstić information content (AvgIpc) is 3.69. The Labute approximate surface area is 274 Å². The molecule has 0 spiro atoms. The fourth-order valence-corrected chi connectivity index (χ4v) is 6.17. The van der Waals surface area contributed by atoms with Crippen LogP contribution in [-0.4, -0.2) is 80.0 Å². The van der Waals surface area contributed by atoms with Crippen LogP contribution in [0.4, 0.5) is 17.6 Å². The molecule has 7 rings (SSSR count). The Morgan fingerprint density at radius 2 is 1.92 bits per heavy atom. The van der Waals surface area contributed by atoms with Gasteiger partial charge < -0.3 is 14.0 Å². The summed E-state index contributed by atoms with van der Waals surface area (Å²) in [4.78, 5) is 15.3. The lowest BCUT2D eigenvalue weighted by Crippen LogP contribution is -2.48. The number of fused-ring (bicyclic) bond motifs is 1. The fraction of sp³-hybridized carbons (Fsp3) is 0.387. The van der Waals surface area contributed by atoms with Crippen molar-refractivity contribution < 1.29 is 27.0 Å². The van der Waals surface area contributed by atoms with Gasteiger partial charge in [-0.1, -0.05) is 12.1 Å². The van der Waals surface area contributed by atoms with Gasteiger partial charge in [-0.3, -0.25) is 10.00 Å². The summed E-state index contributed by atoms with van der Waals surface area (Å²) in [6.07, 6.45) is -2.21. The van der Waals surface area contributed by atoms with Gasteiger partial charge in [0.05, 0.1) is 40.2 Å². The summed E-state index contributed by atoms with van der Waals surface area (Å²) in [5.74, 6) is -0.630. The monoisotopic (exact) mass is 675 g/mol. The largest absolute Gasteiger partial charge is 0.473 e. The number of piperidine rings is 1. The predicted molar refractivity (Wildman–Crippen MR) is 162 cm³/mol. The first-order valence-corrected chi connectivity index (χ1v) is 15.7. The van der Waals surface area contributed by atoms with Crippen molar-refractivity contribution in [3.05, 3.63) is 76.8 Å². The highest BCUT2D eigenvalue weighted by Crippen LogP contribution is 2.32. The molecule has 2 aliphatic heterocycles. The van der Waals surface area contributed by atoms with Gasteiger partial charge in [0.1, 0.15) is 29.5 Å². The van der Waals surface area contributed by atoms with Crippen LogP contribution in [0.5, 0.6) is 5.88 Å². The Morgan fingerprint density at radius 1 is 1.10 bits per heavy atom. The van der Waals surface area contributed by atoms with Gasteiger partial charge in [0.15, 0.2) is 5.65 Å². The lowest BCUT2D eigenvalue weighted by molar-refractivity contribution is -0.144. The molecule has 2 saturated heterocycles. The van der Waals surface area contributed by atoms with Crippen LogP contribution < -0.4 is 4.74 Å². The van der Waals surface area contributed by atoms with Crippen molar-refractivity contribution in [3.8, 4) is 23.5 Å². The summed E-state index contributed by atoms with van der Waals surface area (Å²) in [7, 11) is 3.73. The Bertz CT molecular complexity index is 2000. The number of halogens is 4. The lowest BCUT2D eigenvalue weighted by Gasteiger charge is -2.39. The zero-order valence-electron chi connectivity index (χ0n) is 25.3. The third kappa shape index (κ3) is 6.63. The molecule has 1 N–H and O–H groups in total. The third-order valence-electron chi connectivity index (χ3n) is 8.53. The molecule has 2 fully saturated rings. The highest BCUT2D eigenvalue weighted by molar-refractivity contribution is 6.15. The van der Waals surface area contributed by atoms with Crippen molar-refractivity contribution in [1.29, 1.82) is 5.26 Å². The number of rotatable bonds is 9. The van der Waals surface area contributed by atoms with E-state index in [1.807, 2.05) is 27.9 Å². The quantitative estimate of drug-likeness (QED) is 0.178. The van der Waals surface area contributed by atoms with E-state index < -0.39 is 23.0 Å². The number of nitrogens with one attached hydrogen (secondary N) is 1. The number of H-pyrrole nitrogens is 1. The van der Waals surface area contributed by atoms with E-state index in [1.165, 1.54) is 18.2 Å². The van der Waals surface area contributed by atoms with Crippen molar-refractivity contribution >= 4 is 21.4 Å². The number of aromatic amines is 1. The van der Waals surface area contributed by atoms with Crippen molar-refractivity contribution in [3.63, 3.8) is 0 Å². The Hall–Kier alpha value is -4.79. The maximum atomic E-state index is 14.3. The summed E-state index contributed by atoms with van der Waals surface area (Å²) < 4.78 is 67.0. The molecule has 0 amide bonds. The molecule has 17 heteroatoms. The van der Waals surface area contributed by atoms with E-state index in [9.17, 15) is 17.6 Å². The van der Waals surface area contributed by atoms with Crippen molar-refractivity contribution in [2.75, 3.05) is 19.7 Å². The number of ether oxygens (including phenoxy) is 2. The van der Waals surface area contributed by atoms with Gasteiger partial charge in [0.25, 0.3) is 0 Å². The second-order valence-electron chi connectivity index (χ2n) is 11.8. The maximum absolute atomic E-state index is 14.3. The van der Waals surface area contributed by atoms with Gasteiger partial charge in [-0.25, -0.2) is 19.3 Å². The van der Waals surface area contributed by atoms with E-state index in [4.69, 9.17) is 19.7 Å².